The summed E-state index contributed by atoms with van der Waals surface area (Å²) in [6.45, 7) is 1.67. The summed E-state index contributed by atoms with van der Waals surface area (Å²) in [5.74, 6) is -3.54. The number of amides is 1. The molecule has 0 bridgehead atoms. The molecule has 0 aliphatic heterocycles. The molecule has 0 atom stereocenters. The van der Waals surface area contributed by atoms with Gasteiger partial charge in [0.25, 0.3) is 0 Å². The number of halogens is 6. The first-order valence-corrected chi connectivity index (χ1v) is 12.5. The first kappa shape index (κ1) is 28.0. The number of carbonyl (C=O) groups excluding carboxylic acids is 2. The van der Waals surface area contributed by atoms with Crippen LogP contribution >= 0.6 is 11.6 Å². The molecule has 0 fully saturated rings. The summed E-state index contributed by atoms with van der Waals surface area (Å²) in [7, 11) is 1.61. The van der Waals surface area contributed by atoms with Crippen LogP contribution in [0.1, 0.15) is 27.4 Å². The van der Waals surface area contributed by atoms with Gasteiger partial charge in [0.1, 0.15) is 34.5 Å². The molecule has 3 aromatic heterocycles. The van der Waals surface area contributed by atoms with Crippen molar-refractivity contribution in [1.82, 2.24) is 18.9 Å². The normalized spacial score (nSPS) is 12.1. The zero-order valence-corrected chi connectivity index (χ0v) is 22.1. The van der Waals surface area contributed by atoms with E-state index >= 15 is 0 Å². The molecule has 0 aliphatic carbocycles. The van der Waals surface area contributed by atoms with Crippen molar-refractivity contribution in [1.29, 1.82) is 0 Å². The smallest absolute Gasteiger partial charge is 0.331 e. The highest BCUT2D eigenvalue weighted by molar-refractivity contribution is 6.19. The molecule has 41 heavy (non-hydrogen) atoms. The Hall–Kier alpha value is -4.58. The lowest BCUT2D eigenvalue weighted by molar-refractivity contribution is -0.137. The Bertz CT molecular complexity index is 1870. The van der Waals surface area contributed by atoms with Gasteiger partial charge in [-0.05, 0) is 48.9 Å². The number of ketones is 1. The average molecular weight is 588 g/mol. The number of alkyl halides is 4. The van der Waals surface area contributed by atoms with Crippen molar-refractivity contribution in [3.8, 4) is 11.1 Å². The highest BCUT2D eigenvalue weighted by atomic mass is 35.5. The minimum atomic E-state index is -4.72. The molecule has 2 aromatic carbocycles. The maximum absolute atomic E-state index is 14.7. The van der Waals surface area contributed by atoms with Gasteiger partial charge in [-0.2, -0.15) is 13.2 Å². The fraction of sp³-hybridized carbons (Fsp3) is 0.143. The average Bonchev–Trinajstić information content (AvgIpc) is 3.48. The van der Waals surface area contributed by atoms with Crippen LogP contribution < -0.4 is 5.32 Å². The van der Waals surface area contributed by atoms with E-state index in [0.717, 1.165) is 30.5 Å². The maximum Gasteiger partial charge on any atom is 0.417 e. The largest absolute Gasteiger partial charge is 0.417 e. The van der Waals surface area contributed by atoms with E-state index in [1.54, 1.807) is 18.5 Å². The summed E-state index contributed by atoms with van der Waals surface area (Å²) in [6, 6.07) is 6.68. The second-order valence-electron chi connectivity index (χ2n) is 9.05. The molecule has 0 radical (unpaired) electrons. The quantitative estimate of drug-likeness (QED) is 0.107. The number of anilines is 1. The Balaban J connectivity index is 1.59. The van der Waals surface area contributed by atoms with Gasteiger partial charge < -0.3 is 9.88 Å². The monoisotopic (exact) mass is 587 g/mol. The molecular formula is C28H19ClF5N5O2. The van der Waals surface area contributed by atoms with Crippen LogP contribution in [0.25, 0.3) is 27.8 Å². The Kier molecular flexibility index (Phi) is 7.12. The van der Waals surface area contributed by atoms with Crippen molar-refractivity contribution in [2.24, 2.45) is 7.05 Å². The molecule has 0 aliphatic rings. The van der Waals surface area contributed by atoms with E-state index in [4.69, 9.17) is 11.6 Å². The second-order valence-corrected chi connectivity index (χ2v) is 9.36. The number of imidazole rings is 2. The van der Waals surface area contributed by atoms with E-state index < -0.39 is 46.3 Å². The van der Waals surface area contributed by atoms with Crippen molar-refractivity contribution in [2.45, 2.75) is 13.1 Å². The summed E-state index contributed by atoms with van der Waals surface area (Å²) in [5.41, 5.74) is -1.69. The van der Waals surface area contributed by atoms with Crippen LogP contribution in [-0.4, -0.2) is 36.5 Å². The van der Waals surface area contributed by atoms with Crippen LogP contribution in [0, 0.1) is 18.6 Å². The van der Waals surface area contributed by atoms with Gasteiger partial charge in [0.05, 0.1) is 22.8 Å². The zero-order valence-electron chi connectivity index (χ0n) is 21.4. The van der Waals surface area contributed by atoms with Crippen LogP contribution in [0.2, 0.25) is 0 Å². The molecule has 5 rings (SSSR count). The summed E-state index contributed by atoms with van der Waals surface area (Å²) in [6.07, 6.45) is 0.0704. The Morgan fingerprint density at radius 3 is 2.46 bits per heavy atom. The highest BCUT2D eigenvalue weighted by Gasteiger charge is 2.35. The number of aryl methyl sites for hydroxylation is 2. The lowest BCUT2D eigenvalue weighted by atomic mass is 9.99. The molecule has 5 aromatic rings. The van der Waals surface area contributed by atoms with Crippen molar-refractivity contribution >= 4 is 45.7 Å². The van der Waals surface area contributed by atoms with E-state index in [-0.39, 0.29) is 28.3 Å². The van der Waals surface area contributed by atoms with Crippen LogP contribution in [0.5, 0.6) is 0 Å². The van der Waals surface area contributed by atoms with Gasteiger partial charge in [-0.1, -0.05) is 6.08 Å². The molecule has 3 heterocycles. The molecule has 13 heteroatoms. The third-order valence-corrected chi connectivity index (χ3v) is 6.70. The third-order valence-electron chi connectivity index (χ3n) is 6.52. The summed E-state index contributed by atoms with van der Waals surface area (Å²) < 4.78 is 74.8. The van der Waals surface area contributed by atoms with Crippen LogP contribution in [0.3, 0.4) is 0 Å². The number of rotatable bonds is 6. The molecule has 1 amide bonds. The first-order valence-electron chi connectivity index (χ1n) is 12.0. The van der Waals surface area contributed by atoms with Crippen molar-refractivity contribution in [2.75, 3.05) is 11.2 Å². The number of nitrogens with zero attached hydrogens (tertiary/aromatic N) is 4. The van der Waals surface area contributed by atoms with Crippen molar-refractivity contribution in [3.05, 3.63) is 95.2 Å². The second kappa shape index (κ2) is 10.4. The van der Waals surface area contributed by atoms with E-state index in [9.17, 15) is 31.5 Å². The molecule has 1 N–H and O–H groups in total. The zero-order chi connectivity index (χ0) is 29.6. The molecule has 210 valence electrons. The van der Waals surface area contributed by atoms with E-state index in [1.165, 1.54) is 34.9 Å². The highest BCUT2D eigenvalue weighted by Crippen LogP contribution is 2.40. The van der Waals surface area contributed by atoms with E-state index in [1.807, 2.05) is 5.32 Å². The predicted molar refractivity (Wildman–Crippen MR) is 143 cm³/mol. The number of aromatic nitrogens is 4. The van der Waals surface area contributed by atoms with Gasteiger partial charge in [0, 0.05) is 36.3 Å². The summed E-state index contributed by atoms with van der Waals surface area (Å²) in [4.78, 5) is 33.6. The van der Waals surface area contributed by atoms with Crippen LogP contribution in [-0.2, 0) is 18.0 Å². The first-order chi connectivity index (χ1) is 19.4. The standard InChI is InChI=1S/C28H19ClF5N5O2/c1-14-36-21-11-17(18(28(32,33)34)12-22(21)38(14)2)16-5-4-8-39-23(13-35-27(16)39)26(41)15-9-19(30)25(20(31)10-15)37-24(40)6-3-7-29/h3-6,8-13H,7H2,1-2H3,(H,37,40)/b6-3+. The van der Waals surface area contributed by atoms with Gasteiger partial charge in [0.15, 0.2) is 0 Å². The Morgan fingerprint density at radius 1 is 1.10 bits per heavy atom. The number of hydrogen-bond donors (Lipinski definition) is 1. The predicted octanol–water partition coefficient (Wildman–Crippen LogP) is 6.46. The van der Waals surface area contributed by atoms with Crippen LogP contribution in [0.4, 0.5) is 27.6 Å². The van der Waals surface area contributed by atoms with Gasteiger partial charge in [-0.15, -0.1) is 11.6 Å². The minimum absolute atomic E-state index is 0.0157. The van der Waals surface area contributed by atoms with Crippen molar-refractivity contribution < 1.29 is 31.5 Å². The lowest BCUT2D eigenvalue weighted by Gasteiger charge is -2.14. The van der Waals surface area contributed by atoms with Gasteiger partial charge >= 0.3 is 6.18 Å². The van der Waals surface area contributed by atoms with Gasteiger partial charge in [-0.25, -0.2) is 18.7 Å². The fourth-order valence-electron chi connectivity index (χ4n) is 4.49. The van der Waals surface area contributed by atoms with E-state index in [2.05, 4.69) is 9.97 Å². The topological polar surface area (TPSA) is 81.3 Å². The fourth-order valence-corrected chi connectivity index (χ4v) is 4.58. The van der Waals surface area contributed by atoms with Gasteiger partial charge in [0.2, 0.25) is 11.7 Å². The third kappa shape index (κ3) is 5.06. The molecule has 0 saturated heterocycles. The number of pyridine rings is 1. The van der Waals surface area contributed by atoms with Gasteiger partial charge in [-0.3, -0.25) is 14.0 Å². The van der Waals surface area contributed by atoms with Crippen LogP contribution in [0.15, 0.2) is 60.9 Å². The summed E-state index contributed by atoms with van der Waals surface area (Å²) in [5, 5.41) is 2.04. The number of fused-ring (bicyclic) bond motifs is 2. The number of hydrogen-bond acceptors (Lipinski definition) is 4. The maximum atomic E-state index is 14.7. The molecule has 0 saturated carbocycles. The molecular weight excluding hydrogens is 569 g/mol. The lowest BCUT2D eigenvalue weighted by Crippen LogP contribution is -2.13. The van der Waals surface area contributed by atoms with E-state index in [0.29, 0.717) is 16.9 Å². The Morgan fingerprint density at radius 2 is 1.80 bits per heavy atom. The summed E-state index contributed by atoms with van der Waals surface area (Å²) >= 11 is 5.45. The molecule has 7 nitrogen and oxygen atoms in total. The number of nitrogens with one attached hydrogen (secondary N) is 1. The minimum Gasteiger partial charge on any atom is -0.331 e. The van der Waals surface area contributed by atoms with Crippen molar-refractivity contribution in [3.63, 3.8) is 0 Å². The Labute approximate surface area is 233 Å². The number of benzene rings is 2. The number of carbonyl (C=O) groups is 2. The number of allylic oxidation sites excluding steroid dienone is 1. The molecule has 0 unspecified atom stereocenters. The SMILES string of the molecule is Cc1nc2cc(-c3cccn4c(C(=O)c5cc(F)c(NC(=O)/C=C/CCl)c(F)c5)cnc34)c(C(F)(F)F)cc2n1C. The molecule has 0 spiro atoms.